The molecule has 1 aliphatic rings. The van der Waals surface area contributed by atoms with Gasteiger partial charge in [0.1, 0.15) is 5.82 Å². The lowest BCUT2D eigenvalue weighted by Crippen LogP contribution is -2.56. The highest BCUT2D eigenvalue weighted by Gasteiger charge is 2.44. The van der Waals surface area contributed by atoms with Gasteiger partial charge in [-0.15, -0.1) is 0 Å². The van der Waals surface area contributed by atoms with E-state index in [1.807, 2.05) is 24.3 Å². The molecule has 0 spiro atoms. The van der Waals surface area contributed by atoms with Gasteiger partial charge in [-0.1, -0.05) is 42.8 Å². The summed E-state index contributed by atoms with van der Waals surface area (Å²) in [5, 5.41) is 11.5. The number of H-pyrrole nitrogens is 1. The second kappa shape index (κ2) is 6.41. The minimum atomic E-state index is -1.55. The maximum Gasteiger partial charge on any atom is 0.259 e. The number of hydrogen-bond donors (Lipinski definition) is 2. The fraction of sp³-hybridized carbons (Fsp3) is 0.300. The molecule has 1 aliphatic heterocycles. The molecule has 1 saturated heterocycles. The van der Waals surface area contributed by atoms with Crippen LogP contribution < -0.4 is 0 Å². The van der Waals surface area contributed by atoms with Gasteiger partial charge in [-0.3, -0.25) is 4.79 Å². The van der Waals surface area contributed by atoms with Gasteiger partial charge in [-0.2, -0.15) is 0 Å². The summed E-state index contributed by atoms with van der Waals surface area (Å²) in [6.07, 6.45) is 0.290. The number of aromatic amines is 1. The van der Waals surface area contributed by atoms with Crippen LogP contribution in [0.5, 0.6) is 0 Å². The number of carbonyl (C=O) groups excluding carboxylic acids is 1. The first-order valence-electron chi connectivity index (χ1n) is 8.73. The second-order valence-electron chi connectivity index (χ2n) is 6.77. The predicted molar refractivity (Wildman–Crippen MR) is 101 cm³/mol. The molecule has 1 unspecified atom stereocenters. The molecule has 0 saturated carbocycles. The van der Waals surface area contributed by atoms with Crippen molar-refractivity contribution in [2.75, 3.05) is 13.1 Å². The topological polar surface area (TPSA) is 69.2 Å². The Hall–Kier alpha value is -2.37. The summed E-state index contributed by atoms with van der Waals surface area (Å²) in [6.45, 7) is 2.89. The quantitative estimate of drug-likeness (QED) is 0.740. The number of nitrogens with zero attached hydrogens (tertiary/aromatic N) is 2. The van der Waals surface area contributed by atoms with Crippen LogP contribution in [0.15, 0.2) is 48.5 Å². The van der Waals surface area contributed by atoms with Gasteiger partial charge in [-0.05, 0) is 36.2 Å². The van der Waals surface area contributed by atoms with Gasteiger partial charge >= 0.3 is 0 Å². The Kier molecular flexibility index (Phi) is 4.21. The van der Waals surface area contributed by atoms with Crippen molar-refractivity contribution in [1.29, 1.82) is 0 Å². The van der Waals surface area contributed by atoms with Gasteiger partial charge in [0.05, 0.1) is 17.0 Å². The summed E-state index contributed by atoms with van der Waals surface area (Å²) >= 11 is 6.03. The van der Waals surface area contributed by atoms with E-state index in [0.29, 0.717) is 23.7 Å². The molecule has 4 rings (SSSR count). The molecule has 1 aromatic heterocycles. The summed E-state index contributed by atoms with van der Waals surface area (Å²) in [5.74, 6) is 0.763. The number of aliphatic hydroxyl groups is 1. The maximum absolute atomic E-state index is 12.9. The van der Waals surface area contributed by atoms with E-state index >= 15 is 0 Å². The molecule has 0 bridgehead atoms. The van der Waals surface area contributed by atoms with Crippen LogP contribution in [0, 0.1) is 0 Å². The highest BCUT2D eigenvalue weighted by atomic mass is 35.5. The molecule has 3 aromatic rings. The zero-order valence-corrected chi connectivity index (χ0v) is 15.2. The van der Waals surface area contributed by atoms with E-state index in [1.54, 1.807) is 36.1 Å². The van der Waals surface area contributed by atoms with Crippen LogP contribution in [0.2, 0.25) is 5.02 Å². The normalized spacial score (nSPS) is 17.1. The zero-order chi connectivity index (χ0) is 18.3. The van der Waals surface area contributed by atoms with Gasteiger partial charge in [0, 0.05) is 18.1 Å². The summed E-state index contributed by atoms with van der Waals surface area (Å²) < 4.78 is 0. The third-order valence-corrected chi connectivity index (χ3v) is 5.37. The molecule has 6 heteroatoms. The first kappa shape index (κ1) is 17.1. The van der Waals surface area contributed by atoms with Gasteiger partial charge < -0.3 is 15.0 Å². The van der Waals surface area contributed by atoms with Crippen molar-refractivity contribution in [3.05, 3.63) is 64.9 Å². The Bertz CT molecular complexity index is 931. The summed E-state index contributed by atoms with van der Waals surface area (Å²) in [6, 6.07) is 14.7. The van der Waals surface area contributed by atoms with Crippen LogP contribution in [0.1, 0.15) is 30.7 Å². The van der Waals surface area contributed by atoms with E-state index in [1.165, 1.54) is 0 Å². The zero-order valence-electron chi connectivity index (χ0n) is 14.4. The minimum absolute atomic E-state index is 0.159. The van der Waals surface area contributed by atoms with Gasteiger partial charge in [-0.25, -0.2) is 4.98 Å². The van der Waals surface area contributed by atoms with Crippen LogP contribution in [0.4, 0.5) is 0 Å². The predicted octanol–water partition coefficient (Wildman–Crippen LogP) is 3.44. The third-order valence-electron chi connectivity index (χ3n) is 5.13. The first-order valence-corrected chi connectivity index (χ1v) is 9.11. The van der Waals surface area contributed by atoms with Crippen LogP contribution in [0.3, 0.4) is 0 Å². The number of nitrogens with one attached hydrogen (secondary N) is 1. The van der Waals surface area contributed by atoms with E-state index in [2.05, 4.69) is 9.97 Å². The number of rotatable bonds is 4. The van der Waals surface area contributed by atoms with E-state index in [9.17, 15) is 9.90 Å². The van der Waals surface area contributed by atoms with Crippen molar-refractivity contribution in [1.82, 2.24) is 14.9 Å². The Morgan fingerprint density at radius 3 is 2.77 bits per heavy atom. The van der Waals surface area contributed by atoms with Crippen molar-refractivity contribution in [3.8, 4) is 0 Å². The average molecular weight is 370 g/mol. The van der Waals surface area contributed by atoms with Crippen LogP contribution in [-0.4, -0.2) is 39.0 Å². The van der Waals surface area contributed by atoms with E-state index in [0.717, 1.165) is 16.9 Å². The van der Waals surface area contributed by atoms with E-state index in [4.69, 9.17) is 11.6 Å². The van der Waals surface area contributed by atoms with Gasteiger partial charge in [0.2, 0.25) is 0 Å². The smallest absolute Gasteiger partial charge is 0.259 e. The lowest BCUT2D eigenvalue weighted by atomic mass is 9.87. The molecule has 2 aromatic carbocycles. The highest BCUT2D eigenvalue weighted by molar-refractivity contribution is 6.30. The number of hydrogen-bond acceptors (Lipinski definition) is 3. The molecule has 0 radical (unpaired) electrons. The molecule has 1 fully saturated rings. The number of fused-ring (bicyclic) bond motifs is 1. The Balaban J connectivity index is 1.51. The fourth-order valence-corrected chi connectivity index (χ4v) is 3.66. The van der Waals surface area contributed by atoms with Crippen LogP contribution in [-0.2, 0) is 10.4 Å². The van der Waals surface area contributed by atoms with E-state index < -0.39 is 5.60 Å². The largest absolute Gasteiger partial charge is 0.375 e. The number of carbonyl (C=O) groups is 1. The number of amides is 1. The molecule has 26 heavy (non-hydrogen) atoms. The van der Waals surface area contributed by atoms with Gasteiger partial charge in [0.25, 0.3) is 5.91 Å². The number of imidazole rings is 1. The Labute approximate surface area is 156 Å². The number of likely N-dealkylation sites (tertiary alicyclic amines) is 1. The SMILES string of the molecule is CCC(O)(C(=O)N1CC(c2nc3ccccc3[nH]2)C1)c1cccc(Cl)c1. The second-order valence-corrected chi connectivity index (χ2v) is 7.21. The van der Waals surface area contributed by atoms with Crippen molar-refractivity contribution in [2.45, 2.75) is 24.9 Å². The molecule has 2 N–H and O–H groups in total. The number of benzene rings is 2. The molecule has 5 nitrogen and oxygen atoms in total. The summed E-state index contributed by atoms with van der Waals surface area (Å²) in [4.78, 5) is 22.6. The monoisotopic (exact) mass is 369 g/mol. The van der Waals surface area contributed by atoms with E-state index in [-0.39, 0.29) is 18.2 Å². The first-order chi connectivity index (χ1) is 12.5. The molecular formula is C20H20ClN3O2. The summed E-state index contributed by atoms with van der Waals surface area (Å²) in [5.41, 5.74) is 0.904. The van der Waals surface area contributed by atoms with Crippen molar-refractivity contribution < 1.29 is 9.90 Å². The lowest BCUT2D eigenvalue weighted by molar-refractivity contribution is -0.158. The molecule has 1 amide bonds. The summed E-state index contributed by atoms with van der Waals surface area (Å²) in [7, 11) is 0. The lowest BCUT2D eigenvalue weighted by Gasteiger charge is -2.42. The van der Waals surface area contributed by atoms with Crippen molar-refractivity contribution in [3.63, 3.8) is 0 Å². The third kappa shape index (κ3) is 2.77. The van der Waals surface area contributed by atoms with Gasteiger partial charge in [0.15, 0.2) is 5.60 Å². The Morgan fingerprint density at radius 1 is 1.31 bits per heavy atom. The number of aromatic nitrogens is 2. The molecule has 0 aliphatic carbocycles. The number of halogens is 1. The molecule has 2 heterocycles. The van der Waals surface area contributed by atoms with Crippen LogP contribution in [0.25, 0.3) is 11.0 Å². The van der Waals surface area contributed by atoms with Crippen molar-refractivity contribution >= 4 is 28.5 Å². The number of para-hydroxylation sites is 2. The van der Waals surface area contributed by atoms with Crippen LogP contribution >= 0.6 is 11.6 Å². The maximum atomic E-state index is 12.9. The minimum Gasteiger partial charge on any atom is -0.375 e. The average Bonchev–Trinajstić information content (AvgIpc) is 3.03. The van der Waals surface area contributed by atoms with Crippen molar-refractivity contribution in [2.24, 2.45) is 0 Å². The molecular weight excluding hydrogens is 350 g/mol. The standard InChI is InChI=1S/C20H20ClN3O2/c1-2-20(26,14-6-5-7-15(21)10-14)19(25)24-11-13(12-24)18-22-16-8-3-4-9-17(16)23-18/h3-10,13,26H,2,11-12H2,1H3,(H,22,23). The highest BCUT2D eigenvalue weighted by Crippen LogP contribution is 2.34. The molecule has 1 atom stereocenters. The Morgan fingerprint density at radius 2 is 2.08 bits per heavy atom. The fourth-order valence-electron chi connectivity index (χ4n) is 3.47. The molecule has 134 valence electrons.